The van der Waals surface area contributed by atoms with Gasteiger partial charge < -0.3 is 5.11 Å². The van der Waals surface area contributed by atoms with Crippen LogP contribution in [0.4, 0.5) is 4.39 Å². The average molecular weight is 274 g/mol. The average Bonchev–Trinajstić information content (AvgIpc) is 2.37. The molecule has 1 aromatic rings. The third kappa shape index (κ3) is 2.18. The summed E-state index contributed by atoms with van der Waals surface area (Å²) in [7, 11) is 0. The summed E-state index contributed by atoms with van der Waals surface area (Å²) < 4.78 is 13.3. The lowest BCUT2D eigenvalue weighted by Gasteiger charge is -2.55. The maximum atomic E-state index is 13.3. The Morgan fingerprint density at radius 3 is 2.30 bits per heavy atom. The molecule has 20 heavy (non-hydrogen) atoms. The van der Waals surface area contributed by atoms with Crippen molar-refractivity contribution in [3.63, 3.8) is 0 Å². The Kier molecular flexibility index (Phi) is 3.10. The van der Waals surface area contributed by atoms with Crippen LogP contribution in [-0.4, -0.2) is 11.2 Å². The molecule has 4 saturated carbocycles. The molecule has 4 fully saturated rings. The molecule has 0 radical (unpaired) electrons. The summed E-state index contributed by atoms with van der Waals surface area (Å²) in [5.41, 5.74) is 0.936. The van der Waals surface area contributed by atoms with Crippen LogP contribution >= 0.6 is 0 Å². The van der Waals surface area contributed by atoms with Gasteiger partial charge in [0.25, 0.3) is 0 Å². The molecule has 1 unspecified atom stereocenters. The molecule has 0 aromatic heterocycles. The van der Waals surface area contributed by atoms with E-state index >= 15 is 0 Å². The quantitative estimate of drug-likeness (QED) is 0.889. The normalized spacial score (nSPS) is 40.0. The smallest absolute Gasteiger partial charge is 0.123 e. The molecule has 0 heterocycles. The second-order valence-corrected chi connectivity index (χ2v) is 7.41. The Morgan fingerprint density at radius 2 is 1.70 bits per heavy atom. The van der Waals surface area contributed by atoms with Crippen LogP contribution in [0.15, 0.2) is 24.3 Å². The minimum Gasteiger partial charge on any atom is -0.392 e. The lowest BCUT2D eigenvalue weighted by molar-refractivity contribution is -0.0887. The molecule has 0 amide bonds. The van der Waals surface area contributed by atoms with E-state index in [0.29, 0.717) is 12.3 Å². The molecule has 0 spiro atoms. The van der Waals surface area contributed by atoms with Gasteiger partial charge in [-0.1, -0.05) is 12.1 Å². The molecule has 1 nitrogen and oxygen atoms in total. The molecule has 108 valence electrons. The largest absolute Gasteiger partial charge is 0.392 e. The third-order valence-corrected chi connectivity index (χ3v) is 6.08. The molecule has 0 aliphatic heterocycles. The first-order valence-corrected chi connectivity index (χ1v) is 8.11. The highest BCUT2D eigenvalue weighted by atomic mass is 19.1. The van der Waals surface area contributed by atoms with Gasteiger partial charge >= 0.3 is 0 Å². The first kappa shape index (κ1) is 12.8. The van der Waals surface area contributed by atoms with Gasteiger partial charge in [0, 0.05) is 0 Å². The van der Waals surface area contributed by atoms with Crippen molar-refractivity contribution < 1.29 is 9.50 Å². The number of hydrogen-bond donors (Lipinski definition) is 1. The van der Waals surface area contributed by atoms with Crippen LogP contribution in [0.1, 0.15) is 37.7 Å². The summed E-state index contributed by atoms with van der Waals surface area (Å²) in [5.74, 6) is 3.61. The molecule has 1 atom stereocenters. The van der Waals surface area contributed by atoms with Crippen LogP contribution in [0, 0.1) is 35.4 Å². The predicted molar refractivity (Wildman–Crippen MR) is 76.6 cm³/mol. The van der Waals surface area contributed by atoms with Gasteiger partial charge in [0.1, 0.15) is 5.82 Å². The highest BCUT2D eigenvalue weighted by Gasteiger charge is 2.50. The molecular weight excluding hydrogens is 251 g/mol. The van der Waals surface area contributed by atoms with Gasteiger partial charge in [-0.25, -0.2) is 4.39 Å². The van der Waals surface area contributed by atoms with Crippen molar-refractivity contribution in [2.45, 2.75) is 44.6 Å². The van der Waals surface area contributed by atoms with Crippen molar-refractivity contribution in [3.05, 3.63) is 35.6 Å². The molecule has 4 aliphatic rings. The van der Waals surface area contributed by atoms with Crippen molar-refractivity contribution >= 4 is 0 Å². The molecule has 1 aromatic carbocycles. The third-order valence-electron chi connectivity index (χ3n) is 6.08. The lowest BCUT2D eigenvalue weighted by Crippen LogP contribution is -2.49. The van der Waals surface area contributed by atoms with E-state index in [4.69, 9.17) is 0 Å². The van der Waals surface area contributed by atoms with Crippen LogP contribution in [0.2, 0.25) is 0 Å². The van der Waals surface area contributed by atoms with Crippen molar-refractivity contribution in [3.8, 4) is 0 Å². The first-order chi connectivity index (χ1) is 9.69. The summed E-state index contributed by atoms with van der Waals surface area (Å²) in [6.07, 6.45) is 7.10. The number of aliphatic hydroxyl groups is 1. The molecule has 0 saturated heterocycles. The Hall–Kier alpha value is -0.890. The monoisotopic (exact) mass is 274 g/mol. The van der Waals surface area contributed by atoms with E-state index in [1.165, 1.54) is 38.2 Å². The highest BCUT2D eigenvalue weighted by molar-refractivity contribution is 5.17. The Bertz CT molecular complexity index is 470. The topological polar surface area (TPSA) is 20.2 Å². The van der Waals surface area contributed by atoms with Gasteiger partial charge in [0.15, 0.2) is 0 Å². The van der Waals surface area contributed by atoms with E-state index in [-0.39, 0.29) is 11.9 Å². The lowest BCUT2D eigenvalue weighted by atomic mass is 9.50. The van der Waals surface area contributed by atoms with E-state index < -0.39 is 0 Å². The van der Waals surface area contributed by atoms with Gasteiger partial charge in [-0.3, -0.25) is 0 Å². The number of rotatable bonds is 3. The van der Waals surface area contributed by atoms with Crippen LogP contribution in [0.25, 0.3) is 0 Å². The van der Waals surface area contributed by atoms with Gasteiger partial charge in [-0.15, -0.1) is 0 Å². The second kappa shape index (κ2) is 4.84. The molecule has 4 aliphatic carbocycles. The number of hydrogen-bond acceptors (Lipinski definition) is 1. The van der Waals surface area contributed by atoms with Crippen molar-refractivity contribution in [1.82, 2.24) is 0 Å². The van der Waals surface area contributed by atoms with Crippen molar-refractivity contribution in [2.24, 2.45) is 29.6 Å². The zero-order chi connectivity index (χ0) is 13.7. The fourth-order valence-electron chi connectivity index (χ4n) is 5.64. The number of halogens is 1. The van der Waals surface area contributed by atoms with Crippen molar-refractivity contribution in [1.29, 1.82) is 0 Å². The van der Waals surface area contributed by atoms with E-state index in [1.54, 1.807) is 12.1 Å². The molecular formula is C18H23FO. The summed E-state index contributed by atoms with van der Waals surface area (Å²) in [6, 6.07) is 6.72. The van der Waals surface area contributed by atoms with Crippen LogP contribution in [0.3, 0.4) is 0 Å². The van der Waals surface area contributed by atoms with Crippen LogP contribution in [0.5, 0.6) is 0 Å². The summed E-state index contributed by atoms with van der Waals surface area (Å²) >= 11 is 0. The summed E-state index contributed by atoms with van der Waals surface area (Å²) in [4.78, 5) is 0. The molecule has 2 heteroatoms. The molecule has 5 rings (SSSR count). The second-order valence-electron chi connectivity index (χ2n) is 7.41. The highest BCUT2D eigenvalue weighted by Crippen LogP contribution is 2.57. The fourth-order valence-corrected chi connectivity index (χ4v) is 5.64. The van der Waals surface area contributed by atoms with Gasteiger partial charge in [-0.2, -0.15) is 0 Å². The van der Waals surface area contributed by atoms with Gasteiger partial charge in [-0.05, 0) is 85.8 Å². The Labute approximate surface area is 120 Å². The minimum atomic E-state index is -0.285. The number of benzene rings is 1. The molecule has 4 bridgehead atoms. The molecule has 1 N–H and O–H groups in total. The maximum absolute atomic E-state index is 13.3. The van der Waals surface area contributed by atoms with Crippen LogP contribution < -0.4 is 0 Å². The predicted octanol–water partition coefficient (Wildman–Crippen LogP) is 3.80. The number of aliphatic hydroxyl groups excluding tert-OH is 1. The van der Waals surface area contributed by atoms with Gasteiger partial charge in [0.05, 0.1) is 6.10 Å². The van der Waals surface area contributed by atoms with E-state index in [1.807, 2.05) is 6.07 Å². The summed E-state index contributed by atoms with van der Waals surface area (Å²) in [5, 5.41) is 10.7. The zero-order valence-electron chi connectivity index (χ0n) is 11.8. The zero-order valence-corrected chi connectivity index (χ0v) is 11.8. The van der Waals surface area contributed by atoms with E-state index in [0.717, 1.165) is 29.2 Å². The summed E-state index contributed by atoms with van der Waals surface area (Å²) in [6.45, 7) is 0. The Balaban J connectivity index is 1.50. The van der Waals surface area contributed by atoms with Crippen LogP contribution in [-0.2, 0) is 6.42 Å². The van der Waals surface area contributed by atoms with Gasteiger partial charge in [0.2, 0.25) is 0 Å². The fraction of sp³-hybridized carbons (Fsp3) is 0.667. The minimum absolute atomic E-state index is 0.195. The van der Waals surface area contributed by atoms with E-state index in [2.05, 4.69) is 0 Å². The van der Waals surface area contributed by atoms with E-state index in [9.17, 15) is 9.50 Å². The standard InChI is InChI=1S/C18H23FO/c19-16-3-1-2-11(9-16)10-17(20)18-14-5-12-4-13(7-14)8-15(18)6-12/h1-3,9,12-15,17-18,20H,4-8,10H2. The first-order valence-electron chi connectivity index (χ1n) is 8.11. The Morgan fingerprint density at radius 1 is 1.05 bits per heavy atom. The SMILES string of the molecule is OC(Cc1cccc(F)c1)C1C2CC3CC(C2)CC1C3. The van der Waals surface area contributed by atoms with Crippen molar-refractivity contribution in [2.75, 3.05) is 0 Å². The maximum Gasteiger partial charge on any atom is 0.123 e.